The molecule has 0 aliphatic carbocycles. The monoisotopic (exact) mass is 273 g/mol. The molecule has 0 fully saturated rings. The highest BCUT2D eigenvalue weighted by Crippen LogP contribution is 2.27. The second kappa shape index (κ2) is 6.23. The second-order valence-electron chi connectivity index (χ2n) is 3.56. The molecule has 0 amide bonds. The van der Waals surface area contributed by atoms with E-state index in [1.807, 2.05) is 6.07 Å². The SMILES string of the molecule is CCCNC(CC)c1cccc(F)c1Br. The Balaban J connectivity index is 2.86. The Bertz CT molecular complexity index is 314. The van der Waals surface area contributed by atoms with Crippen molar-refractivity contribution in [3.05, 3.63) is 34.1 Å². The quantitative estimate of drug-likeness (QED) is 0.854. The van der Waals surface area contributed by atoms with Crippen LogP contribution in [0.2, 0.25) is 0 Å². The lowest BCUT2D eigenvalue weighted by Gasteiger charge is -2.18. The zero-order valence-corrected chi connectivity index (χ0v) is 10.8. The average Bonchev–Trinajstić information content (AvgIpc) is 2.25. The topological polar surface area (TPSA) is 12.0 Å². The van der Waals surface area contributed by atoms with Gasteiger partial charge >= 0.3 is 0 Å². The Hall–Kier alpha value is -0.410. The Morgan fingerprint density at radius 3 is 2.73 bits per heavy atom. The molecule has 1 unspecified atom stereocenters. The summed E-state index contributed by atoms with van der Waals surface area (Å²) in [6.07, 6.45) is 2.05. The van der Waals surface area contributed by atoms with E-state index in [1.165, 1.54) is 6.07 Å². The first-order valence-electron chi connectivity index (χ1n) is 5.38. The van der Waals surface area contributed by atoms with Gasteiger partial charge in [-0.2, -0.15) is 0 Å². The summed E-state index contributed by atoms with van der Waals surface area (Å²) < 4.78 is 13.9. The van der Waals surface area contributed by atoms with Gasteiger partial charge in [0, 0.05) is 6.04 Å². The summed E-state index contributed by atoms with van der Waals surface area (Å²) >= 11 is 3.30. The largest absolute Gasteiger partial charge is 0.310 e. The predicted octanol–water partition coefficient (Wildman–Crippen LogP) is 4.04. The molecule has 0 saturated carbocycles. The Labute approximate surface area is 99.2 Å². The lowest BCUT2D eigenvalue weighted by atomic mass is 10.0. The molecule has 0 saturated heterocycles. The molecule has 84 valence electrons. The van der Waals surface area contributed by atoms with Gasteiger partial charge in [0.15, 0.2) is 0 Å². The normalized spacial score (nSPS) is 12.8. The van der Waals surface area contributed by atoms with E-state index in [-0.39, 0.29) is 11.9 Å². The average molecular weight is 274 g/mol. The Morgan fingerprint density at radius 1 is 1.40 bits per heavy atom. The molecule has 3 heteroatoms. The van der Waals surface area contributed by atoms with E-state index in [0.29, 0.717) is 4.47 Å². The van der Waals surface area contributed by atoms with E-state index in [9.17, 15) is 4.39 Å². The van der Waals surface area contributed by atoms with Gasteiger partial charge in [-0.25, -0.2) is 4.39 Å². The summed E-state index contributed by atoms with van der Waals surface area (Å²) in [5.74, 6) is -0.191. The summed E-state index contributed by atoms with van der Waals surface area (Å²) in [7, 11) is 0. The van der Waals surface area contributed by atoms with Gasteiger partial charge in [0.25, 0.3) is 0 Å². The molecule has 0 spiro atoms. The Kier molecular flexibility index (Phi) is 5.26. The van der Waals surface area contributed by atoms with Crippen molar-refractivity contribution in [2.24, 2.45) is 0 Å². The third-order valence-electron chi connectivity index (χ3n) is 2.41. The summed E-state index contributed by atoms with van der Waals surface area (Å²) in [6, 6.07) is 5.42. The highest BCUT2D eigenvalue weighted by molar-refractivity contribution is 9.10. The van der Waals surface area contributed by atoms with Crippen molar-refractivity contribution < 1.29 is 4.39 Å². The predicted molar refractivity (Wildman–Crippen MR) is 65.4 cm³/mol. The van der Waals surface area contributed by atoms with Gasteiger partial charge in [-0.15, -0.1) is 0 Å². The molecule has 1 rings (SSSR count). The van der Waals surface area contributed by atoms with Crippen molar-refractivity contribution >= 4 is 15.9 Å². The van der Waals surface area contributed by atoms with Crippen LogP contribution in [0.15, 0.2) is 22.7 Å². The highest BCUT2D eigenvalue weighted by Gasteiger charge is 2.13. The first kappa shape index (κ1) is 12.7. The minimum atomic E-state index is -0.191. The first-order chi connectivity index (χ1) is 7.20. The van der Waals surface area contributed by atoms with Crippen molar-refractivity contribution in [1.29, 1.82) is 0 Å². The molecular weight excluding hydrogens is 257 g/mol. The van der Waals surface area contributed by atoms with E-state index < -0.39 is 0 Å². The van der Waals surface area contributed by atoms with Gasteiger partial charge in [-0.3, -0.25) is 0 Å². The van der Waals surface area contributed by atoms with Crippen LogP contribution in [0.5, 0.6) is 0 Å². The maximum Gasteiger partial charge on any atom is 0.137 e. The lowest BCUT2D eigenvalue weighted by molar-refractivity contribution is 0.511. The minimum Gasteiger partial charge on any atom is -0.310 e. The van der Waals surface area contributed by atoms with Crippen LogP contribution in [0.25, 0.3) is 0 Å². The fraction of sp³-hybridized carbons (Fsp3) is 0.500. The van der Waals surface area contributed by atoms with Crippen molar-refractivity contribution in [2.75, 3.05) is 6.54 Å². The van der Waals surface area contributed by atoms with Gasteiger partial charge in [0.05, 0.1) is 4.47 Å². The smallest absolute Gasteiger partial charge is 0.137 e. The lowest BCUT2D eigenvalue weighted by Crippen LogP contribution is -2.21. The summed E-state index contributed by atoms with van der Waals surface area (Å²) in [4.78, 5) is 0. The van der Waals surface area contributed by atoms with Gasteiger partial charge < -0.3 is 5.32 Å². The molecule has 0 aliphatic rings. The van der Waals surface area contributed by atoms with E-state index in [2.05, 4.69) is 35.1 Å². The van der Waals surface area contributed by atoms with Crippen molar-refractivity contribution in [1.82, 2.24) is 5.32 Å². The molecule has 0 heterocycles. The van der Waals surface area contributed by atoms with Crippen LogP contribution in [0.3, 0.4) is 0 Å². The maximum absolute atomic E-state index is 13.3. The number of rotatable bonds is 5. The molecule has 0 bridgehead atoms. The molecule has 0 aromatic heterocycles. The number of hydrogen-bond acceptors (Lipinski definition) is 1. The van der Waals surface area contributed by atoms with Crippen molar-refractivity contribution in [2.45, 2.75) is 32.7 Å². The highest BCUT2D eigenvalue weighted by atomic mass is 79.9. The zero-order valence-electron chi connectivity index (χ0n) is 9.19. The standard InChI is InChI=1S/C12H17BrFN/c1-3-8-15-11(4-2)9-6-5-7-10(14)12(9)13/h5-7,11,15H,3-4,8H2,1-2H3. The van der Waals surface area contributed by atoms with Gasteiger partial charge in [-0.05, 0) is 46.9 Å². The summed E-state index contributed by atoms with van der Waals surface area (Å²) in [6.45, 7) is 5.19. The molecule has 1 nitrogen and oxygen atoms in total. The second-order valence-corrected chi connectivity index (χ2v) is 4.35. The third-order valence-corrected chi connectivity index (χ3v) is 3.24. The maximum atomic E-state index is 13.3. The molecule has 0 aliphatic heterocycles. The van der Waals surface area contributed by atoms with Gasteiger partial charge in [0.2, 0.25) is 0 Å². The fourth-order valence-electron chi connectivity index (χ4n) is 1.58. The molecule has 0 radical (unpaired) electrons. The van der Waals surface area contributed by atoms with E-state index >= 15 is 0 Å². The number of halogens is 2. The zero-order chi connectivity index (χ0) is 11.3. The summed E-state index contributed by atoms with van der Waals surface area (Å²) in [5.41, 5.74) is 1.01. The first-order valence-corrected chi connectivity index (χ1v) is 6.17. The molecule has 1 aromatic rings. The molecular formula is C12H17BrFN. The number of hydrogen-bond donors (Lipinski definition) is 1. The third kappa shape index (κ3) is 3.28. The van der Waals surface area contributed by atoms with Gasteiger partial charge in [0.1, 0.15) is 5.82 Å². The van der Waals surface area contributed by atoms with Crippen LogP contribution in [-0.4, -0.2) is 6.54 Å². The fourth-order valence-corrected chi connectivity index (χ4v) is 2.12. The number of benzene rings is 1. The van der Waals surface area contributed by atoms with Crippen LogP contribution < -0.4 is 5.32 Å². The number of nitrogens with one attached hydrogen (secondary N) is 1. The molecule has 1 N–H and O–H groups in total. The van der Waals surface area contributed by atoms with Crippen LogP contribution >= 0.6 is 15.9 Å². The van der Waals surface area contributed by atoms with E-state index in [1.54, 1.807) is 6.07 Å². The van der Waals surface area contributed by atoms with E-state index in [4.69, 9.17) is 0 Å². The van der Waals surface area contributed by atoms with E-state index in [0.717, 1.165) is 24.9 Å². The Morgan fingerprint density at radius 2 is 2.13 bits per heavy atom. The summed E-state index contributed by atoms with van der Waals surface area (Å²) in [5, 5.41) is 3.41. The minimum absolute atomic E-state index is 0.191. The van der Waals surface area contributed by atoms with Crippen LogP contribution in [-0.2, 0) is 0 Å². The van der Waals surface area contributed by atoms with Gasteiger partial charge in [-0.1, -0.05) is 26.0 Å². The van der Waals surface area contributed by atoms with Crippen LogP contribution in [0.4, 0.5) is 4.39 Å². The van der Waals surface area contributed by atoms with Crippen LogP contribution in [0.1, 0.15) is 38.3 Å². The van der Waals surface area contributed by atoms with Crippen molar-refractivity contribution in [3.8, 4) is 0 Å². The van der Waals surface area contributed by atoms with Crippen LogP contribution in [0, 0.1) is 5.82 Å². The molecule has 1 atom stereocenters. The molecule has 1 aromatic carbocycles. The molecule has 15 heavy (non-hydrogen) atoms. The van der Waals surface area contributed by atoms with Crippen molar-refractivity contribution in [3.63, 3.8) is 0 Å².